The lowest BCUT2D eigenvalue weighted by Crippen LogP contribution is -2.23. The average Bonchev–Trinajstić information content (AvgIpc) is 2.65. The SMILES string of the molecule is CC1(C)CC(S(=O)(=O)Cc2cc(F)ccc2F)=NO1. The molecule has 4 nitrogen and oxygen atoms in total. The smallest absolute Gasteiger partial charge is 0.199 e. The van der Waals surface area contributed by atoms with Crippen molar-refractivity contribution in [2.45, 2.75) is 31.6 Å². The van der Waals surface area contributed by atoms with Crippen molar-refractivity contribution in [2.24, 2.45) is 5.16 Å². The Morgan fingerprint density at radius 2 is 2.05 bits per heavy atom. The van der Waals surface area contributed by atoms with Crippen LogP contribution in [-0.4, -0.2) is 19.1 Å². The maximum atomic E-state index is 13.4. The number of rotatable bonds is 2. The molecule has 0 radical (unpaired) electrons. The van der Waals surface area contributed by atoms with E-state index < -0.39 is 32.8 Å². The molecule has 19 heavy (non-hydrogen) atoms. The number of halogens is 2. The standard InChI is InChI=1S/C12H13F2NO3S/c1-12(2)6-11(15-18-12)19(16,17)7-8-5-9(13)3-4-10(8)14/h3-5H,6-7H2,1-2H3. The molecule has 0 fully saturated rings. The first-order chi connectivity index (χ1) is 8.70. The van der Waals surface area contributed by atoms with Crippen LogP contribution in [0.1, 0.15) is 25.8 Å². The van der Waals surface area contributed by atoms with E-state index in [0.29, 0.717) is 0 Å². The molecule has 2 rings (SSSR count). The Kier molecular flexibility index (Phi) is 3.34. The van der Waals surface area contributed by atoms with Crippen LogP contribution in [0.5, 0.6) is 0 Å². The third-order valence-corrected chi connectivity index (χ3v) is 4.31. The second kappa shape index (κ2) is 4.56. The lowest BCUT2D eigenvalue weighted by atomic mass is 10.1. The van der Waals surface area contributed by atoms with Crippen LogP contribution in [0.3, 0.4) is 0 Å². The highest BCUT2D eigenvalue weighted by Crippen LogP contribution is 2.26. The van der Waals surface area contributed by atoms with Crippen molar-refractivity contribution in [1.82, 2.24) is 0 Å². The van der Waals surface area contributed by atoms with Crippen molar-refractivity contribution in [3.8, 4) is 0 Å². The summed E-state index contributed by atoms with van der Waals surface area (Å²) in [5.74, 6) is -2.07. The summed E-state index contributed by atoms with van der Waals surface area (Å²) in [5.41, 5.74) is -0.907. The molecule has 1 aliphatic heterocycles. The van der Waals surface area contributed by atoms with Crippen molar-refractivity contribution in [3.63, 3.8) is 0 Å². The lowest BCUT2D eigenvalue weighted by molar-refractivity contribution is 0.0123. The molecule has 0 aliphatic carbocycles. The van der Waals surface area contributed by atoms with Gasteiger partial charge in [-0.25, -0.2) is 17.2 Å². The van der Waals surface area contributed by atoms with Crippen LogP contribution in [0.25, 0.3) is 0 Å². The molecule has 1 heterocycles. The molecule has 0 saturated heterocycles. The van der Waals surface area contributed by atoms with E-state index >= 15 is 0 Å². The van der Waals surface area contributed by atoms with Crippen LogP contribution in [0.2, 0.25) is 0 Å². The first-order valence-electron chi connectivity index (χ1n) is 5.61. The predicted octanol–water partition coefficient (Wildman–Crippen LogP) is 2.39. The van der Waals surface area contributed by atoms with Gasteiger partial charge in [-0.1, -0.05) is 5.16 Å². The number of hydrogen-bond acceptors (Lipinski definition) is 4. The van der Waals surface area contributed by atoms with Gasteiger partial charge in [0.25, 0.3) is 0 Å². The van der Waals surface area contributed by atoms with Crippen LogP contribution in [0.15, 0.2) is 23.4 Å². The van der Waals surface area contributed by atoms with Crippen molar-refractivity contribution < 1.29 is 22.0 Å². The number of hydrogen-bond donors (Lipinski definition) is 0. The second-order valence-corrected chi connectivity index (χ2v) is 7.00. The Bertz CT molecular complexity index is 638. The van der Waals surface area contributed by atoms with Gasteiger partial charge in [-0.3, -0.25) is 0 Å². The monoisotopic (exact) mass is 289 g/mol. The maximum Gasteiger partial charge on any atom is 0.199 e. The first-order valence-corrected chi connectivity index (χ1v) is 7.27. The topological polar surface area (TPSA) is 55.7 Å². The Hall–Kier alpha value is -1.50. The summed E-state index contributed by atoms with van der Waals surface area (Å²) in [5, 5.41) is 3.38. The van der Waals surface area contributed by atoms with E-state index in [-0.39, 0.29) is 17.0 Å². The fraction of sp³-hybridized carbons (Fsp3) is 0.417. The van der Waals surface area contributed by atoms with Crippen molar-refractivity contribution in [3.05, 3.63) is 35.4 Å². The van der Waals surface area contributed by atoms with Gasteiger partial charge in [-0.15, -0.1) is 0 Å². The number of nitrogens with zero attached hydrogens (tertiary/aromatic N) is 1. The molecular formula is C12H13F2NO3S. The zero-order valence-electron chi connectivity index (χ0n) is 10.5. The van der Waals surface area contributed by atoms with E-state index in [2.05, 4.69) is 5.16 Å². The van der Waals surface area contributed by atoms with E-state index in [1.807, 2.05) is 0 Å². The Labute approximate surface area is 110 Å². The van der Waals surface area contributed by atoms with Crippen molar-refractivity contribution >= 4 is 14.9 Å². The van der Waals surface area contributed by atoms with Crippen LogP contribution < -0.4 is 0 Å². The van der Waals surface area contributed by atoms with Gasteiger partial charge in [0.05, 0.1) is 5.75 Å². The number of oxime groups is 1. The summed E-state index contributed by atoms with van der Waals surface area (Å²) in [7, 11) is -3.81. The van der Waals surface area contributed by atoms with Gasteiger partial charge < -0.3 is 4.84 Å². The van der Waals surface area contributed by atoms with Gasteiger partial charge in [0.2, 0.25) is 0 Å². The fourth-order valence-corrected chi connectivity index (χ4v) is 3.23. The first kappa shape index (κ1) is 13.9. The minimum atomic E-state index is -3.81. The molecule has 1 aliphatic rings. The van der Waals surface area contributed by atoms with Gasteiger partial charge in [-0.05, 0) is 32.0 Å². The molecule has 0 bridgehead atoms. The van der Waals surface area contributed by atoms with E-state index in [1.54, 1.807) is 13.8 Å². The summed E-state index contributed by atoms with van der Waals surface area (Å²) in [6, 6.07) is 2.70. The van der Waals surface area contributed by atoms with Gasteiger partial charge in [-0.2, -0.15) is 0 Å². The number of sulfone groups is 1. The molecule has 1 aromatic carbocycles. The molecule has 7 heteroatoms. The van der Waals surface area contributed by atoms with Crippen LogP contribution in [-0.2, 0) is 20.4 Å². The van der Waals surface area contributed by atoms with Crippen LogP contribution in [0.4, 0.5) is 8.78 Å². The summed E-state index contributed by atoms with van der Waals surface area (Å²) in [6.45, 7) is 3.39. The summed E-state index contributed by atoms with van der Waals surface area (Å²) < 4.78 is 50.6. The minimum Gasteiger partial charge on any atom is -0.389 e. The minimum absolute atomic E-state index is 0.117. The Morgan fingerprint density at radius 3 is 2.63 bits per heavy atom. The normalized spacial score (nSPS) is 18.0. The molecule has 0 atom stereocenters. The van der Waals surface area contributed by atoms with Crippen molar-refractivity contribution in [1.29, 1.82) is 0 Å². The van der Waals surface area contributed by atoms with Crippen molar-refractivity contribution in [2.75, 3.05) is 0 Å². The maximum absolute atomic E-state index is 13.4. The average molecular weight is 289 g/mol. The molecule has 0 aromatic heterocycles. The third kappa shape index (κ3) is 3.09. The second-order valence-electron chi connectivity index (χ2n) is 5.01. The molecule has 0 N–H and O–H groups in total. The van der Waals surface area contributed by atoms with Gasteiger partial charge in [0.15, 0.2) is 14.9 Å². The highest BCUT2D eigenvalue weighted by molar-refractivity contribution is 8.05. The third-order valence-electron chi connectivity index (χ3n) is 2.68. The van der Waals surface area contributed by atoms with Crippen LogP contribution >= 0.6 is 0 Å². The zero-order valence-corrected chi connectivity index (χ0v) is 11.3. The molecular weight excluding hydrogens is 276 g/mol. The molecule has 0 amide bonds. The molecule has 0 saturated carbocycles. The lowest BCUT2D eigenvalue weighted by Gasteiger charge is -2.13. The van der Waals surface area contributed by atoms with E-state index in [1.165, 1.54) is 0 Å². The highest BCUT2D eigenvalue weighted by Gasteiger charge is 2.36. The molecule has 104 valence electrons. The molecule has 1 aromatic rings. The molecule has 0 spiro atoms. The fourth-order valence-electron chi connectivity index (χ4n) is 1.71. The highest BCUT2D eigenvalue weighted by atomic mass is 32.2. The Morgan fingerprint density at radius 1 is 1.37 bits per heavy atom. The zero-order chi connectivity index (χ0) is 14.3. The molecule has 0 unspecified atom stereocenters. The van der Waals surface area contributed by atoms with Crippen LogP contribution in [0, 0.1) is 11.6 Å². The summed E-state index contributed by atoms with van der Waals surface area (Å²) in [4.78, 5) is 4.97. The predicted molar refractivity (Wildman–Crippen MR) is 66.2 cm³/mol. The largest absolute Gasteiger partial charge is 0.389 e. The van der Waals surface area contributed by atoms with Gasteiger partial charge >= 0.3 is 0 Å². The van der Waals surface area contributed by atoms with Gasteiger partial charge in [0.1, 0.15) is 17.2 Å². The number of benzene rings is 1. The summed E-state index contributed by atoms with van der Waals surface area (Å²) in [6.07, 6.45) is 0.117. The van der Waals surface area contributed by atoms with E-state index in [0.717, 1.165) is 18.2 Å². The van der Waals surface area contributed by atoms with Gasteiger partial charge in [0, 0.05) is 12.0 Å². The quantitative estimate of drug-likeness (QED) is 0.840. The van der Waals surface area contributed by atoms with E-state index in [4.69, 9.17) is 4.84 Å². The summed E-state index contributed by atoms with van der Waals surface area (Å²) >= 11 is 0. The van der Waals surface area contributed by atoms with E-state index in [9.17, 15) is 17.2 Å². The Balaban J connectivity index is 2.25.